The third kappa shape index (κ3) is 7.06. The number of ether oxygens (including phenoxy) is 3. The predicted octanol–water partition coefficient (Wildman–Crippen LogP) is 5.85. The Kier molecular flexibility index (Phi) is 11.6. The van der Waals surface area contributed by atoms with Gasteiger partial charge in [-0.15, -0.1) is 0 Å². The van der Waals surface area contributed by atoms with Crippen LogP contribution in [0.4, 0.5) is 22.0 Å². The SMILES string of the molecule is CCCCCCCCC(CCCOc1c(F)c(F)c(F)c(F)c1F)C(O)(OC)OC. The van der Waals surface area contributed by atoms with Crippen molar-refractivity contribution in [3.63, 3.8) is 0 Å². The number of methoxy groups -OCH3 is 2. The fourth-order valence-corrected chi connectivity index (χ4v) is 3.31. The van der Waals surface area contributed by atoms with Gasteiger partial charge >= 0.3 is 0 Å². The van der Waals surface area contributed by atoms with Crippen molar-refractivity contribution in [2.24, 2.45) is 5.92 Å². The first-order valence-electron chi connectivity index (χ1n) is 10.2. The van der Waals surface area contributed by atoms with Gasteiger partial charge in [0.15, 0.2) is 5.75 Å². The standard InChI is InChI=1S/C21H31F5O4/c1-4-5-6-7-8-9-11-14(21(27,28-2)29-3)12-10-13-30-20-18(25)16(23)15(22)17(24)19(20)26/h14,27H,4-13H2,1-3H3. The normalized spacial score (nSPS) is 13.0. The molecule has 1 aromatic rings. The summed E-state index contributed by atoms with van der Waals surface area (Å²) in [4.78, 5) is 0. The molecule has 1 atom stereocenters. The highest BCUT2D eigenvalue weighted by atomic mass is 19.2. The number of hydrogen-bond donors (Lipinski definition) is 1. The molecule has 0 aliphatic heterocycles. The number of benzene rings is 1. The fraction of sp³-hybridized carbons (Fsp3) is 0.714. The summed E-state index contributed by atoms with van der Waals surface area (Å²) in [6, 6.07) is 0. The minimum atomic E-state index is -2.23. The van der Waals surface area contributed by atoms with Gasteiger partial charge in [-0.2, -0.15) is 8.78 Å². The Balaban J connectivity index is 2.65. The maximum Gasteiger partial charge on any atom is 0.282 e. The van der Waals surface area contributed by atoms with Crippen LogP contribution >= 0.6 is 0 Å². The molecular formula is C21H31F5O4. The van der Waals surface area contributed by atoms with E-state index in [0.29, 0.717) is 12.8 Å². The van der Waals surface area contributed by atoms with E-state index in [1.54, 1.807) is 0 Å². The van der Waals surface area contributed by atoms with Gasteiger partial charge in [-0.05, 0) is 19.3 Å². The van der Waals surface area contributed by atoms with Gasteiger partial charge in [0, 0.05) is 20.1 Å². The van der Waals surface area contributed by atoms with E-state index in [-0.39, 0.29) is 13.0 Å². The molecule has 30 heavy (non-hydrogen) atoms. The first-order chi connectivity index (χ1) is 14.2. The molecule has 4 nitrogen and oxygen atoms in total. The fourth-order valence-electron chi connectivity index (χ4n) is 3.31. The summed E-state index contributed by atoms with van der Waals surface area (Å²) in [5.74, 6) is -14.0. The van der Waals surface area contributed by atoms with Crippen LogP contribution in [0.2, 0.25) is 0 Å². The highest BCUT2D eigenvalue weighted by Gasteiger charge is 2.36. The zero-order chi connectivity index (χ0) is 22.7. The van der Waals surface area contributed by atoms with Crippen molar-refractivity contribution in [1.29, 1.82) is 0 Å². The lowest BCUT2D eigenvalue weighted by atomic mass is 9.93. The monoisotopic (exact) mass is 442 g/mol. The van der Waals surface area contributed by atoms with Crippen LogP contribution in [0.5, 0.6) is 5.75 Å². The molecule has 0 heterocycles. The van der Waals surface area contributed by atoms with Gasteiger partial charge in [-0.25, -0.2) is 13.2 Å². The third-order valence-electron chi connectivity index (χ3n) is 5.12. The maximum atomic E-state index is 13.7. The molecule has 0 radical (unpaired) electrons. The van der Waals surface area contributed by atoms with Crippen molar-refractivity contribution in [3.05, 3.63) is 29.1 Å². The van der Waals surface area contributed by atoms with E-state index < -0.39 is 46.7 Å². The number of aliphatic hydroxyl groups is 1. The molecule has 0 aliphatic rings. The van der Waals surface area contributed by atoms with Gasteiger partial charge in [0.1, 0.15) is 0 Å². The molecule has 1 N–H and O–H groups in total. The molecule has 0 amide bonds. The van der Waals surface area contributed by atoms with Crippen LogP contribution in [0.15, 0.2) is 0 Å². The predicted molar refractivity (Wildman–Crippen MR) is 101 cm³/mol. The lowest BCUT2D eigenvalue weighted by Gasteiger charge is -2.33. The summed E-state index contributed by atoms with van der Waals surface area (Å²) in [7, 11) is 2.59. The Labute approximate surface area is 174 Å². The molecule has 0 saturated carbocycles. The Morgan fingerprint density at radius 2 is 1.20 bits per heavy atom. The molecule has 1 rings (SSSR count). The summed E-state index contributed by atoms with van der Waals surface area (Å²) >= 11 is 0. The van der Waals surface area contributed by atoms with Crippen molar-refractivity contribution < 1.29 is 41.3 Å². The molecule has 0 spiro atoms. The summed E-state index contributed by atoms with van der Waals surface area (Å²) in [6.45, 7) is 1.82. The average molecular weight is 442 g/mol. The molecule has 1 unspecified atom stereocenters. The first kappa shape index (κ1) is 26.6. The topological polar surface area (TPSA) is 47.9 Å². The summed E-state index contributed by atoms with van der Waals surface area (Å²) in [5.41, 5.74) is 0. The van der Waals surface area contributed by atoms with E-state index in [1.165, 1.54) is 20.6 Å². The second kappa shape index (κ2) is 13.1. The number of rotatable bonds is 15. The van der Waals surface area contributed by atoms with Gasteiger partial charge in [0.2, 0.25) is 29.1 Å². The van der Waals surface area contributed by atoms with Gasteiger partial charge in [0.25, 0.3) is 5.97 Å². The Bertz CT molecular complexity index is 624. The van der Waals surface area contributed by atoms with Gasteiger partial charge in [-0.1, -0.05) is 45.4 Å². The molecule has 1 aromatic carbocycles. The summed E-state index contributed by atoms with van der Waals surface area (Å²) in [6.07, 6.45) is 7.35. The van der Waals surface area contributed by atoms with Crippen molar-refractivity contribution in [2.45, 2.75) is 70.7 Å². The summed E-state index contributed by atoms with van der Waals surface area (Å²) < 4.78 is 81.8. The average Bonchev–Trinajstić information content (AvgIpc) is 2.76. The molecule has 0 aromatic heterocycles. The van der Waals surface area contributed by atoms with E-state index in [2.05, 4.69) is 6.92 Å². The largest absolute Gasteiger partial charge is 0.487 e. The third-order valence-corrected chi connectivity index (χ3v) is 5.12. The van der Waals surface area contributed by atoms with Crippen molar-refractivity contribution in [3.8, 4) is 5.75 Å². The van der Waals surface area contributed by atoms with Crippen LogP contribution in [-0.2, 0) is 9.47 Å². The smallest absolute Gasteiger partial charge is 0.282 e. The van der Waals surface area contributed by atoms with Gasteiger partial charge in [-0.3, -0.25) is 0 Å². The van der Waals surface area contributed by atoms with Crippen molar-refractivity contribution in [2.75, 3.05) is 20.8 Å². The number of hydrogen-bond acceptors (Lipinski definition) is 4. The van der Waals surface area contributed by atoms with Crippen molar-refractivity contribution in [1.82, 2.24) is 0 Å². The Morgan fingerprint density at radius 3 is 1.73 bits per heavy atom. The number of unbranched alkanes of at least 4 members (excludes halogenated alkanes) is 5. The van der Waals surface area contributed by atoms with Gasteiger partial charge < -0.3 is 19.3 Å². The lowest BCUT2D eigenvalue weighted by Crippen LogP contribution is -2.42. The van der Waals surface area contributed by atoms with Crippen LogP contribution in [-0.4, -0.2) is 31.9 Å². The highest BCUT2D eigenvalue weighted by molar-refractivity contribution is 5.29. The molecule has 174 valence electrons. The van der Waals surface area contributed by atoms with Crippen LogP contribution < -0.4 is 4.74 Å². The minimum absolute atomic E-state index is 0.176. The molecular weight excluding hydrogens is 411 g/mol. The van der Waals surface area contributed by atoms with E-state index in [4.69, 9.17) is 14.2 Å². The molecule has 0 fully saturated rings. The van der Waals surface area contributed by atoms with E-state index >= 15 is 0 Å². The molecule has 0 aliphatic carbocycles. The van der Waals surface area contributed by atoms with Crippen LogP contribution in [0.1, 0.15) is 64.7 Å². The Hall–Kier alpha value is -1.45. The number of halogens is 5. The van der Waals surface area contributed by atoms with Crippen molar-refractivity contribution >= 4 is 0 Å². The zero-order valence-corrected chi connectivity index (χ0v) is 17.7. The second-order valence-electron chi connectivity index (χ2n) is 7.18. The lowest BCUT2D eigenvalue weighted by molar-refractivity contribution is -0.369. The highest BCUT2D eigenvalue weighted by Crippen LogP contribution is 2.31. The molecule has 9 heteroatoms. The maximum absolute atomic E-state index is 13.7. The van der Waals surface area contributed by atoms with Crippen LogP contribution in [0.25, 0.3) is 0 Å². The van der Waals surface area contributed by atoms with Crippen LogP contribution in [0, 0.1) is 35.0 Å². The first-order valence-corrected chi connectivity index (χ1v) is 10.2. The minimum Gasteiger partial charge on any atom is -0.487 e. The van der Waals surface area contributed by atoms with E-state index in [9.17, 15) is 27.1 Å². The molecule has 0 saturated heterocycles. The van der Waals surface area contributed by atoms with Crippen LogP contribution in [0.3, 0.4) is 0 Å². The Morgan fingerprint density at radius 1 is 0.733 bits per heavy atom. The molecule has 0 bridgehead atoms. The summed E-state index contributed by atoms with van der Waals surface area (Å²) in [5, 5.41) is 10.5. The zero-order valence-electron chi connectivity index (χ0n) is 17.7. The van der Waals surface area contributed by atoms with E-state index in [0.717, 1.165) is 32.1 Å². The van der Waals surface area contributed by atoms with E-state index in [1.807, 2.05) is 0 Å². The second-order valence-corrected chi connectivity index (χ2v) is 7.18. The quantitative estimate of drug-likeness (QED) is 0.122. The van der Waals surface area contributed by atoms with Gasteiger partial charge in [0.05, 0.1) is 6.61 Å².